The molecule has 1 N–H and O–H groups in total. The first-order chi connectivity index (χ1) is 8.33. The summed E-state index contributed by atoms with van der Waals surface area (Å²) >= 11 is 0. The molecular formula is C14H18FNO. The lowest BCUT2D eigenvalue weighted by Crippen LogP contribution is -2.32. The maximum absolute atomic E-state index is 12.9. The van der Waals surface area contributed by atoms with Crippen molar-refractivity contribution >= 4 is 0 Å². The fourth-order valence-electron chi connectivity index (χ4n) is 2.95. The van der Waals surface area contributed by atoms with Crippen molar-refractivity contribution in [1.29, 1.82) is 0 Å². The minimum Gasteiger partial charge on any atom is -0.372 e. The molecule has 3 atom stereocenters. The molecule has 2 fully saturated rings. The van der Waals surface area contributed by atoms with E-state index in [1.807, 2.05) is 12.1 Å². The summed E-state index contributed by atoms with van der Waals surface area (Å²) < 4.78 is 18.8. The second-order valence-corrected chi connectivity index (χ2v) is 5.08. The SMILES string of the molecule is Fc1ccc(C2CNC3CCCC3CO2)cc1. The van der Waals surface area contributed by atoms with Crippen LogP contribution in [0.2, 0.25) is 0 Å². The zero-order chi connectivity index (χ0) is 11.7. The second-order valence-electron chi connectivity index (χ2n) is 5.08. The molecule has 0 radical (unpaired) electrons. The average molecular weight is 235 g/mol. The monoisotopic (exact) mass is 235 g/mol. The van der Waals surface area contributed by atoms with Crippen molar-refractivity contribution in [3.8, 4) is 0 Å². The fraction of sp³-hybridized carbons (Fsp3) is 0.571. The van der Waals surface area contributed by atoms with E-state index >= 15 is 0 Å². The summed E-state index contributed by atoms with van der Waals surface area (Å²) in [6.45, 7) is 1.67. The van der Waals surface area contributed by atoms with Crippen LogP contribution in [0.5, 0.6) is 0 Å². The molecule has 1 aromatic rings. The molecule has 0 amide bonds. The zero-order valence-corrected chi connectivity index (χ0v) is 9.86. The van der Waals surface area contributed by atoms with Gasteiger partial charge in [-0.05, 0) is 36.5 Å². The highest BCUT2D eigenvalue weighted by Crippen LogP contribution is 2.31. The lowest BCUT2D eigenvalue weighted by Gasteiger charge is -2.16. The molecule has 17 heavy (non-hydrogen) atoms. The van der Waals surface area contributed by atoms with Gasteiger partial charge in [-0.2, -0.15) is 0 Å². The van der Waals surface area contributed by atoms with Crippen LogP contribution in [0.15, 0.2) is 24.3 Å². The van der Waals surface area contributed by atoms with Crippen LogP contribution >= 0.6 is 0 Å². The number of benzene rings is 1. The molecule has 1 aliphatic heterocycles. The van der Waals surface area contributed by atoms with E-state index in [1.165, 1.54) is 31.4 Å². The van der Waals surface area contributed by atoms with Gasteiger partial charge in [0.1, 0.15) is 5.82 Å². The van der Waals surface area contributed by atoms with E-state index in [0.717, 1.165) is 18.7 Å². The lowest BCUT2D eigenvalue weighted by atomic mass is 10.1. The van der Waals surface area contributed by atoms with E-state index in [1.54, 1.807) is 0 Å². The van der Waals surface area contributed by atoms with Crippen LogP contribution in [0.3, 0.4) is 0 Å². The summed E-state index contributed by atoms with van der Waals surface area (Å²) in [5.74, 6) is 0.479. The Morgan fingerprint density at radius 2 is 2.00 bits per heavy atom. The number of rotatable bonds is 1. The van der Waals surface area contributed by atoms with E-state index in [9.17, 15) is 4.39 Å². The predicted molar refractivity (Wildman–Crippen MR) is 64.2 cm³/mol. The van der Waals surface area contributed by atoms with E-state index in [-0.39, 0.29) is 11.9 Å². The summed E-state index contributed by atoms with van der Waals surface area (Å²) in [5, 5.41) is 3.59. The molecule has 0 spiro atoms. The van der Waals surface area contributed by atoms with E-state index in [4.69, 9.17) is 4.74 Å². The second kappa shape index (κ2) is 4.75. The summed E-state index contributed by atoms with van der Waals surface area (Å²) in [4.78, 5) is 0. The molecular weight excluding hydrogens is 217 g/mol. The molecule has 1 saturated heterocycles. The van der Waals surface area contributed by atoms with Gasteiger partial charge in [0, 0.05) is 12.6 Å². The van der Waals surface area contributed by atoms with Crippen molar-refractivity contribution in [2.45, 2.75) is 31.4 Å². The van der Waals surface area contributed by atoms with Gasteiger partial charge in [-0.15, -0.1) is 0 Å². The van der Waals surface area contributed by atoms with Crippen LogP contribution in [-0.4, -0.2) is 19.2 Å². The standard InChI is InChI=1S/C14H18FNO/c15-12-6-4-10(5-7-12)14-8-16-13-3-1-2-11(13)9-17-14/h4-7,11,13-14,16H,1-3,8-9H2. The van der Waals surface area contributed by atoms with Gasteiger partial charge in [0.25, 0.3) is 0 Å². The zero-order valence-electron chi connectivity index (χ0n) is 9.86. The molecule has 3 unspecified atom stereocenters. The summed E-state index contributed by atoms with van der Waals surface area (Å²) in [6.07, 6.45) is 3.92. The van der Waals surface area contributed by atoms with Gasteiger partial charge in [0.2, 0.25) is 0 Å². The van der Waals surface area contributed by atoms with Crippen LogP contribution in [0, 0.1) is 11.7 Å². The predicted octanol–water partition coefficient (Wildman–Crippen LogP) is 2.66. The van der Waals surface area contributed by atoms with E-state index in [0.29, 0.717) is 12.0 Å². The topological polar surface area (TPSA) is 21.3 Å². The Labute approximate surface area is 101 Å². The Kier molecular flexibility index (Phi) is 3.12. The van der Waals surface area contributed by atoms with Crippen molar-refractivity contribution in [2.24, 2.45) is 5.92 Å². The molecule has 1 aliphatic carbocycles. The van der Waals surface area contributed by atoms with Gasteiger partial charge in [-0.25, -0.2) is 4.39 Å². The molecule has 3 rings (SSSR count). The summed E-state index contributed by atoms with van der Waals surface area (Å²) in [6, 6.07) is 7.28. The van der Waals surface area contributed by atoms with Gasteiger partial charge in [0.05, 0.1) is 12.7 Å². The molecule has 1 saturated carbocycles. The number of hydrogen-bond donors (Lipinski definition) is 1. The number of halogens is 1. The first-order valence-corrected chi connectivity index (χ1v) is 6.43. The van der Waals surface area contributed by atoms with Gasteiger partial charge in [-0.1, -0.05) is 18.6 Å². The van der Waals surface area contributed by atoms with E-state index < -0.39 is 0 Å². The van der Waals surface area contributed by atoms with Crippen molar-refractivity contribution in [3.63, 3.8) is 0 Å². The number of ether oxygens (including phenoxy) is 1. The Morgan fingerprint density at radius 3 is 2.82 bits per heavy atom. The summed E-state index contributed by atoms with van der Waals surface area (Å²) in [5.41, 5.74) is 1.07. The smallest absolute Gasteiger partial charge is 0.123 e. The number of nitrogens with one attached hydrogen (secondary N) is 1. The Hall–Kier alpha value is -0.930. The lowest BCUT2D eigenvalue weighted by molar-refractivity contribution is 0.0473. The minimum atomic E-state index is -0.188. The molecule has 2 aliphatic rings. The van der Waals surface area contributed by atoms with Crippen LogP contribution in [0.4, 0.5) is 4.39 Å². The molecule has 2 nitrogen and oxygen atoms in total. The summed E-state index contributed by atoms with van der Waals surface area (Å²) in [7, 11) is 0. The van der Waals surface area contributed by atoms with Gasteiger partial charge >= 0.3 is 0 Å². The highest BCUT2D eigenvalue weighted by molar-refractivity contribution is 5.19. The van der Waals surface area contributed by atoms with Crippen molar-refractivity contribution in [3.05, 3.63) is 35.6 Å². The number of fused-ring (bicyclic) bond motifs is 1. The van der Waals surface area contributed by atoms with Crippen molar-refractivity contribution in [1.82, 2.24) is 5.32 Å². The third-order valence-electron chi connectivity index (χ3n) is 3.98. The van der Waals surface area contributed by atoms with Crippen LogP contribution in [0.25, 0.3) is 0 Å². The molecule has 0 aromatic heterocycles. The molecule has 92 valence electrons. The quantitative estimate of drug-likeness (QED) is 0.808. The minimum absolute atomic E-state index is 0.0706. The van der Waals surface area contributed by atoms with Crippen LogP contribution in [0.1, 0.15) is 30.9 Å². The van der Waals surface area contributed by atoms with E-state index in [2.05, 4.69) is 5.32 Å². The van der Waals surface area contributed by atoms with Gasteiger partial charge in [-0.3, -0.25) is 0 Å². The van der Waals surface area contributed by atoms with Gasteiger partial charge < -0.3 is 10.1 Å². The molecule has 3 heteroatoms. The fourth-order valence-corrected chi connectivity index (χ4v) is 2.95. The first-order valence-electron chi connectivity index (χ1n) is 6.43. The number of hydrogen-bond acceptors (Lipinski definition) is 2. The molecule has 0 bridgehead atoms. The first kappa shape index (κ1) is 11.2. The molecule has 1 aromatic carbocycles. The van der Waals surface area contributed by atoms with Gasteiger partial charge in [0.15, 0.2) is 0 Å². The Bertz CT molecular complexity index is 364. The maximum atomic E-state index is 12.9. The maximum Gasteiger partial charge on any atom is 0.123 e. The van der Waals surface area contributed by atoms with Crippen molar-refractivity contribution in [2.75, 3.05) is 13.2 Å². The average Bonchev–Trinajstić information content (AvgIpc) is 2.70. The normalized spacial score (nSPS) is 33.1. The highest BCUT2D eigenvalue weighted by Gasteiger charge is 2.31. The van der Waals surface area contributed by atoms with Crippen LogP contribution < -0.4 is 5.32 Å². The Morgan fingerprint density at radius 1 is 1.18 bits per heavy atom. The molecule has 1 heterocycles. The van der Waals surface area contributed by atoms with Crippen LogP contribution in [-0.2, 0) is 4.74 Å². The third kappa shape index (κ3) is 2.35. The van der Waals surface area contributed by atoms with Crippen molar-refractivity contribution < 1.29 is 9.13 Å². The highest BCUT2D eigenvalue weighted by atomic mass is 19.1. The third-order valence-corrected chi connectivity index (χ3v) is 3.98. The Balaban J connectivity index is 1.70. The largest absolute Gasteiger partial charge is 0.372 e.